The highest BCUT2D eigenvalue weighted by Crippen LogP contribution is 2.24. The number of benzene rings is 4. The maximum Gasteiger partial charge on any atom is 0.261 e. The molecular formula is C32H30Cl2N2O3. The van der Waals surface area contributed by atoms with Crippen LogP contribution in [-0.4, -0.2) is 35.9 Å². The second-order valence-corrected chi connectivity index (χ2v) is 9.94. The molecule has 200 valence electrons. The highest BCUT2D eigenvalue weighted by Gasteiger charge is 2.30. The third-order valence-electron chi connectivity index (χ3n) is 6.28. The molecule has 39 heavy (non-hydrogen) atoms. The lowest BCUT2D eigenvalue weighted by Crippen LogP contribution is -2.52. The Bertz CT molecular complexity index is 1350. The van der Waals surface area contributed by atoms with Gasteiger partial charge in [-0.1, -0.05) is 108 Å². The Morgan fingerprint density at radius 2 is 1.36 bits per heavy atom. The number of nitrogens with zero attached hydrogens (tertiary/aromatic N) is 1. The Balaban J connectivity index is 1.57. The van der Waals surface area contributed by atoms with Crippen molar-refractivity contribution in [3.8, 4) is 5.75 Å². The van der Waals surface area contributed by atoms with Crippen LogP contribution in [0.25, 0.3) is 0 Å². The Kier molecular flexibility index (Phi) is 10.4. The number of para-hydroxylation sites is 1. The summed E-state index contributed by atoms with van der Waals surface area (Å²) in [6.45, 7) is 0.401. The standard InChI is InChI=1S/C32H30Cl2N2O3/c33-27-17-15-26(16-18-27)22-36(31(37)23-39-30-14-8-7-13-28(30)34)29(21-25-11-5-2-6-12-25)32(38)35-20-19-24-9-3-1-4-10-24/h1-18,29H,19-23H2,(H,35,38)/t29-/m1/s1. The molecule has 0 bridgehead atoms. The molecule has 0 radical (unpaired) electrons. The SMILES string of the molecule is O=C(NCCc1ccccc1)[C@@H](Cc1ccccc1)N(Cc1ccc(Cl)cc1)C(=O)COc1ccccc1Cl. The van der Waals surface area contributed by atoms with Crippen molar-refractivity contribution < 1.29 is 14.3 Å². The predicted octanol–water partition coefficient (Wildman–Crippen LogP) is 6.37. The van der Waals surface area contributed by atoms with E-state index in [0.29, 0.717) is 35.2 Å². The van der Waals surface area contributed by atoms with Crippen molar-refractivity contribution >= 4 is 35.0 Å². The van der Waals surface area contributed by atoms with Gasteiger partial charge in [-0.25, -0.2) is 0 Å². The van der Waals surface area contributed by atoms with Gasteiger partial charge in [0.25, 0.3) is 5.91 Å². The lowest BCUT2D eigenvalue weighted by atomic mass is 10.0. The van der Waals surface area contributed by atoms with Crippen molar-refractivity contribution in [1.29, 1.82) is 0 Å². The van der Waals surface area contributed by atoms with Crippen LogP contribution in [-0.2, 0) is 29.0 Å². The van der Waals surface area contributed by atoms with Crippen LogP contribution >= 0.6 is 23.2 Å². The van der Waals surface area contributed by atoms with Gasteiger partial charge < -0.3 is 15.0 Å². The Hall–Kier alpha value is -3.80. The molecule has 0 saturated heterocycles. The molecule has 0 saturated carbocycles. The summed E-state index contributed by atoms with van der Waals surface area (Å²) in [5.41, 5.74) is 2.92. The van der Waals surface area contributed by atoms with Crippen LogP contribution in [0, 0.1) is 0 Å². The summed E-state index contributed by atoms with van der Waals surface area (Å²) in [6.07, 6.45) is 1.04. The molecule has 4 aromatic rings. The van der Waals surface area contributed by atoms with E-state index in [1.807, 2.05) is 72.8 Å². The summed E-state index contributed by atoms with van der Waals surface area (Å²) in [5, 5.41) is 4.06. The largest absolute Gasteiger partial charge is 0.482 e. The second-order valence-electron chi connectivity index (χ2n) is 9.10. The quantitative estimate of drug-likeness (QED) is 0.219. The van der Waals surface area contributed by atoms with E-state index in [0.717, 1.165) is 16.7 Å². The molecule has 0 spiro atoms. The van der Waals surface area contributed by atoms with Gasteiger partial charge in [0, 0.05) is 24.5 Å². The molecule has 4 rings (SSSR count). The fourth-order valence-corrected chi connectivity index (χ4v) is 4.53. The first-order valence-corrected chi connectivity index (χ1v) is 13.5. The third-order valence-corrected chi connectivity index (χ3v) is 6.85. The van der Waals surface area contributed by atoms with Gasteiger partial charge in [-0.3, -0.25) is 9.59 Å². The Labute approximate surface area is 239 Å². The molecule has 2 amide bonds. The fourth-order valence-electron chi connectivity index (χ4n) is 4.22. The molecule has 0 aliphatic rings. The Morgan fingerprint density at radius 1 is 0.744 bits per heavy atom. The summed E-state index contributed by atoms with van der Waals surface area (Å²) in [5.74, 6) is -0.148. The van der Waals surface area contributed by atoms with Crippen molar-refractivity contribution in [3.63, 3.8) is 0 Å². The number of carbonyl (C=O) groups is 2. The number of hydrogen-bond donors (Lipinski definition) is 1. The highest BCUT2D eigenvalue weighted by atomic mass is 35.5. The van der Waals surface area contributed by atoms with Crippen molar-refractivity contribution in [2.24, 2.45) is 0 Å². The number of carbonyl (C=O) groups excluding carboxylic acids is 2. The first-order valence-electron chi connectivity index (χ1n) is 12.8. The van der Waals surface area contributed by atoms with Gasteiger partial charge in [-0.2, -0.15) is 0 Å². The molecule has 0 aliphatic heterocycles. The average molecular weight is 562 g/mol. The van der Waals surface area contributed by atoms with E-state index in [1.54, 1.807) is 41.3 Å². The second kappa shape index (κ2) is 14.4. The summed E-state index contributed by atoms with van der Waals surface area (Å²) in [4.78, 5) is 28.9. The van der Waals surface area contributed by atoms with Gasteiger partial charge in [-0.15, -0.1) is 0 Å². The monoisotopic (exact) mass is 560 g/mol. The van der Waals surface area contributed by atoms with Crippen molar-refractivity contribution in [2.45, 2.75) is 25.4 Å². The molecule has 1 atom stereocenters. The van der Waals surface area contributed by atoms with Crippen LogP contribution in [0.4, 0.5) is 0 Å². The van der Waals surface area contributed by atoms with E-state index in [1.165, 1.54) is 0 Å². The van der Waals surface area contributed by atoms with Gasteiger partial charge >= 0.3 is 0 Å². The van der Waals surface area contributed by atoms with Gasteiger partial charge in [0.15, 0.2) is 6.61 Å². The molecule has 1 N–H and O–H groups in total. The van der Waals surface area contributed by atoms with Crippen molar-refractivity contribution in [2.75, 3.05) is 13.2 Å². The molecule has 0 aromatic heterocycles. The highest BCUT2D eigenvalue weighted by molar-refractivity contribution is 6.32. The van der Waals surface area contributed by atoms with Gasteiger partial charge in [0.1, 0.15) is 11.8 Å². The van der Waals surface area contributed by atoms with Crippen molar-refractivity contribution in [3.05, 3.63) is 136 Å². The van der Waals surface area contributed by atoms with Crippen molar-refractivity contribution in [1.82, 2.24) is 10.2 Å². The normalized spacial score (nSPS) is 11.4. The topological polar surface area (TPSA) is 58.6 Å². The first-order chi connectivity index (χ1) is 19.0. The van der Waals surface area contributed by atoms with E-state index in [9.17, 15) is 9.59 Å². The van der Waals surface area contributed by atoms with Crippen LogP contribution in [0.15, 0.2) is 109 Å². The minimum absolute atomic E-state index is 0.214. The minimum Gasteiger partial charge on any atom is -0.482 e. The maximum absolute atomic E-state index is 13.7. The number of ether oxygens (including phenoxy) is 1. The zero-order valence-corrected chi connectivity index (χ0v) is 22.9. The lowest BCUT2D eigenvalue weighted by Gasteiger charge is -2.31. The van der Waals surface area contributed by atoms with E-state index in [-0.39, 0.29) is 25.0 Å². The van der Waals surface area contributed by atoms with Crippen LogP contribution in [0.3, 0.4) is 0 Å². The average Bonchev–Trinajstić information content (AvgIpc) is 2.96. The summed E-state index contributed by atoms with van der Waals surface area (Å²) in [6, 6.07) is 33.1. The summed E-state index contributed by atoms with van der Waals surface area (Å²) >= 11 is 12.3. The van der Waals surface area contributed by atoms with Crippen LogP contribution < -0.4 is 10.1 Å². The molecule has 0 unspecified atom stereocenters. The van der Waals surface area contributed by atoms with Crippen LogP contribution in [0.1, 0.15) is 16.7 Å². The molecular weight excluding hydrogens is 531 g/mol. The zero-order chi connectivity index (χ0) is 27.5. The van der Waals surface area contributed by atoms with Gasteiger partial charge in [0.05, 0.1) is 5.02 Å². The van der Waals surface area contributed by atoms with E-state index >= 15 is 0 Å². The predicted molar refractivity (Wildman–Crippen MR) is 156 cm³/mol. The molecule has 5 nitrogen and oxygen atoms in total. The van der Waals surface area contributed by atoms with E-state index in [2.05, 4.69) is 5.32 Å². The van der Waals surface area contributed by atoms with Crippen LogP contribution in [0.2, 0.25) is 10.0 Å². The van der Waals surface area contributed by atoms with Crippen LogP contribution in [0.5, 0.6) is 5.75 Å². The van der Waals surface area contributed by atoms with Gasteiger partial charge in [0.2, 0.25) is 5.91 Å². The molecule has 0 fully saturated rings. The lowest BCUT2D eigenvalue weighted by molar-refractivity contribution is -0.142. The molecule has 0 aliphatic carbocycles. The third kappa shape index (κ3) is 8.60. The summed E-state index contributed by atoms with van der Waals surface area (Å²) in [7, 11) is 0. The molecule has 7 heteroatoms. The molecule has 4 aromatic carbocycles. The number of nitrogens with one attached hydrogen (secondary N) is 1. The van der Waals surface area contributed by atoms with Gasteiger partial charge in [-0.05, 0) is 47.4 Å². The number of halogens is 2. The number of amides is 2. The minimum atomic E-state index is -0.763. The number of hydrogen-bond acceptors (Lipinski definition) is 3. The fraction of sp³-hybridized carbons (Fsp3) is 0.188. The zero-order valence-electron chi connectivity index (χ0n) is 21.4. The summed E-state index contributed by atoms with van der Waals surface area (Å²) < 4.78 is 5.78. The Morgan fingerprint density at radius 3 is 2.03 bits per heavy atom. The number of rotatable bonds is 12. The molecule has 0 heterocycles. The maximum atomic E-state index is 13.7. The first kappa shape index (κ1) is 28.2. The smallest absolute Gasteiger partial charge is 0.261 e. The van der Waals surface area contributed by atoms with E-state index in [4.69, 9.17) is 27.9 Å². The van der Waals surface area contributed by atoms with E-state index < -0.39 is 6.04 Å².